The van der Waals surface area contributed by atoms with Gasteiger partial charge in [0.1, 0.15) is 10.8 Å². The lowest BCUT2D eigenvalue weighted by Crippen LogP contribution is -2.14. The van der Waals surface area contributed by atoms with E-state index in [9.17, 15) is 4.79 Å². The molecule has 2 heterocycles. The number of nitrogens with two attached hydrogens (primary N) is 1. The summed E-state index contributed by atoms with van der Waals surface area (Å²) in [5, 5.41) is 4.94. The van der Waals surface area contributed by atoms with Gasteiger partial charge in [-0.2, -0.15) is 0 Å². The van der Waals surface area contributed by atoms with Crippen LogP contribution in [0.1, 0.15) is 16.1 Å². The van der Waals surface area contributed by atoms with Gasteiger partial charge in [-0.3, -0.25) is 4.79 Å². The molecule has 8 heteroatoms. The number of hydrogen-bond donors (Lipinski definition) is 2. The van der Waals surface area contributed by atoms with E-state index < -0.39 is 5.91 Å². The highest BCUT2D eigenvalue weighted by atomic mass is 35.5. The molecule has 0 aliphatic rings. The van der Waals surface area contributed by atoms with Gasteiger partial charge in [0.2, 0.25) is 0 Å². The van der Waals surface area contributed by atoms with Crippen LogP contribution in [0.5, 0.6) is 0 Å². The molecule has 0 aliphatic carbocycles. The molecule has 0 bridgehead atoms. The molecule has 0 radical (unpaired) electrons. The van der Waals surface area contributed by atoms with Crippen molar-refractivity contribution in [3.05, 3.63) is 33.0 Å². The van der Waals surface area contributed by atoms with Gasteiger partial charge in [0.15, 0.2) is 10.3 Å². The van der Waals surface area contributed by atoms with Gasteiger partial charge >= 0.3 is 0 Å². The number of thiazole rings is 1. The zero-order chi connectivity index (χ0) is 13.3. The van der Waals surface area contributed by atoms with Crippen LogP contribution in [-0.2, 0) is 0 Å². The minimum Gasteiger partial charge on any atom is -0.375 e. The second kappa shape index (κ2) is 5.09. The van der Waals surface area contributed by atoms with Crippen LogP contribution in [0.4, 0.5) is 10.8 Å². The van der Waals surface area contributed by atoms with Crippen LogP contribution in [0, 0.1) is 6.92 Å². The summed E-state index contributed by atoms with van der Waals surface area (Å²) in [6.07, 6.45) is 0. The number of nitrogen functional groups attached to an aromatic ring is 1. The molecule has 0 aromatic carbocycles. The number of aryl methyl sites for hydroxylation is 1. The Hall–Kier alpha value is -1.37. The first kappa shape index (κ1) is 13.1. The van der Waals surface area contributed by atoms with E-state index in [4.69, 9.17) is 28.9 Å². The third-order valence-corrected chi connectivity index (χ3v) is 3.28. The van der Waals surface area contributed by atoms with Gasteiger partial charge in [0.05, 0.1) is 5.69 Å². The summed E-state index contributed by atoms with van der Waals surface area (Å²) in [5.41, 5.74) is 6.83. The van der Waals surface area contributed by atoms with Gasteiger partial charge in [-0.05, 0) is 18.6 Å². The maximum absolute atomic E-state index is 11.9. The van der Waals surface area contributed by atoms with E-state index >= 15 is 0 Å². The number of hydrogen-bond acceptors (Lipinski definition) is 5. The van der Waals surface area contributed by atoms with E-state index in [2.05, 4.69) is 15.3 Å². The zero-order valence-electron chi connectivity index (χ0n) is 9.20. The highest BCUT2D eigenvalue weighted by Crippen LogP contribution is 2.27. The molecule has 5 nitrogen and oxygen atoms in total. The van der Waals surface area contributed by atoms with E-state index in [1.165, 1.54) is 11.3 Å². The summed E-state index contributed by atoms with van der Waals surface area (Å²) in [6.45, 7) is 1.77. The predicted octanol–water partition coefficient (Wildman–Crippen LogP) is 2.99. The lowest BCUT2D eigenvalue weighted by molar-refractivity contribution is 0.102. The lowest BCUT2D eigenvalue weighted by atomic mass is 10.2. The molecule has 3 N–H and O–H groups in total. The van der Waals surface area contributed by atoms with Gasteiger partial charge in [0, 0.05) is 5.38 Å². The summed E-state index contributed by atoms with van der Waals surface area (Å²) < 4.78 is 0. The quantitative estimate of drug-likeness (QED) is 0.836. The second-order valence-corrected chi connectivity index (χ2v) is 5.09. The van der Waals surface area contributed by atoms with Crippen LogP contribution in [0.2, 0.25) is 10.3 Å². The standard InChI is InChI=1S/C10H8Cl2N4OS/c1-4-2-6(11)15-8(12)7(4)16-9(17)5-3-18-10(13)14-5/h2-3H,1H3,(H2,13,14)(H,16,17). The minimum atomic E-state index is -0.392. The molecule has 2 rings (SSSR count). The third kappa shape index (κ3) is 2.72. The highest BCUT2D eigenvalue weighted by Gasteiger charge is 2.14. The van der Waals surface area contributed by atoms with Crippen molar-refractivity contribution in [1.29, 1.82) is 0 Å². The fraction of sp³-hybridized carbons (Fsp3) is 0.100. The van der Waals surface area contributed by atoms with E-state index in [0.717, 1.165) is 5.56 Å². The number of halogens is 2. The molecule has 0 saturated heterocycles. The smallest absolute Gasteiger partial charge is 0.275 e. The van der Waals surface area contributed by atoms with Gasteiger partial charge < -0.3 is 11.1 Å². The summed E-state index contributed by atoms with van der Waals surface area (Å²) in [6, 6.07) is 1.61. The molecule has 0 spiro atoms. The molecular weight excluding hydrogens is 295 g/mol. The Labute approximate surface area is 117 Å². The topological polar surface area (TPSA) is 80.9 Å². The molecule has 0 fully saturated rings. The van der Waals surface area contributed by atoms with Crippen LogP contribution >= 0.6 is 34.5 Å². The second-order valence-electron chi connectivity index (χ2n) is 3.45. The lowest BCUT2D eigenvalue weighted by Gasteiger charge is -2.08. The minimum absolute atomic E-state index is 0.136. The Morgan fingerprint density at radius 1 is 1.44 bits per heavy atom. The first-order chi connectivity index (χ1) is 8.47. The van der Waals surface area contributed by atoms with Crippen LogP contribution in [0.3, 0.4) is 0 Å². The van der Waals surface area contributed by atoms with E-state index in [-0.39, 0.29) is 16.0 Å². The Morgan fingerprint density at radius 2 is 2.17 bits per heavy atom. The number of carbonyl (C=O) groups excluding carboxylic acids is 1. The van der Waals surface area contributed by atoms with Crippen molar-refractivity contribution in [2.75, 3.05) is 11.1 Å². The zero-order valence-corrected chi connectivity index (χ0v) is 11.5. The monoisotopic (exact) mass is 302 g/mol. The molecule has 2 aromatic heterocycles. The van der Waals surface area contributed by atoms with Crippen molar-refractivity contribution < 1.29 is 4.79 Å². The van der Waals surface area contributed by atoms with E-state index in [1.54, 1.807) is 18.4 Å². The van der Waals surface area contributed by atoms with Crippen molar-refractivity contribution in [3.63, 3.8) is 0 Å². The molecule has 0 atom stereocenters. The first-order valence-corrected chi connectivity index (χ1v) is 6.46. The number of nitrogens with zero attached hydrogens (tertiary/aromatic N) is 2. The van der Waals surface area contributed by atoms with Crippen molar-refractivity contribution >= 4 is 51.3 Å². The molecule has 94 valence electrons. The normalized spacial score (nSPS) is 10.4. The number of aromatic nitrogens is 2. The molecular formula is C10H8Cl2N4OS. The summed E-state index contributed by atoms with van der Waals surface area (Å²) in [7, 11) is 0. The maximum atomic E-state index is 11.9. The summed E-state index contributed by atoms with van der Waals surface area (Å²) in [5.74, 6) is -0.392. The first-order valence-electron chi connectivity index (χ1n) is 4.82. The average Bonchev–Trinajstić information content (AvgIpc) is 2.70. The van der Waals surface area contributed by atoms with Crippen LogP contribution in [-0.4, -0.2) is 15.9 Å². The Kier molecular flexibility index (Phi) is 3.70. The molecule has 0 aliphatic heterocycles. The number of rotatable bonds is 2. The molecule has 0 saturated carbocycles. The predicted molar refractivity (Wildman–Crippen MR) is 73.5 cm³/mol. The van der Waals surface area contributed by atoms with E-state index in [1.807, 2.05) is 0 Å². The highest BCUT2D eigenvalue weighted by molar-refractivity contribution is 7.13. The van der Waals surface area contributed by atoms with E-state index in [0.29, 0.717) is 10.8 Å². The van der Waals surface area contributed by atoms with Crippen molar-refractivity contribution in [1.82, 2.24) is 9.97 Å². The van der Waals surface area contributed by atoms with Crippen molar-refractivity contribution in [3.8, 4) is 0 Å². The number of pyridine rings is 1. The Balaban J connectivity index is 2.27. The van der Waals surface area contributed by atoms with Gasteiger partial charge in [-0.25, -0.2) is 9.97 Å². The Bertz CT molecular complexity index is 591. The number of nitrogens with one attached hydrogen (secondary N) is 1. The maximum Gasteiger partial charge on any atom is 0.275 e. The number of amides is 1. The molecule has 18 heavy (non-hydrogen) atoms. The van der Waals surface area contributed by atoms with Gasteiger partial charge in [-0.1, -0.05) is 23.2 Å². The third-order valence-electron chi connectivity index (χ3n) is 2.13. The number of carbonyl (C=O) groups is 1. The fourth-order valence-electron chi connectivity index (χ4n) is 1.32. The molecule has 1 amide bonds. The van der Waals surface area contributed by atoms with Crippen LogP contribution < -0.4 is 11.1 Å². The fourth-order valence-corrected chi connectivity index (χ4v) is 2.44. The molecule has 0 unspecified atom stereocenters. The van der Waals surface area contributed by atoms with Crippen molar-refractivity contribution in [2.24, 2.45) is 0 Å². The molecule has 2 aromatic rings. The summed E-state index contributed by atoms with van der Waals surface area (Å²) >= 11 is 12.9. The Morgan fingerprint density at radius 3 is 2.72 bits per heavy atom. The van der Waals surface area contributed by atoms with Gasteiger partial charge in [0.25, 0.3) is 5.91 Å². The largest absolute Gasteiger partial charge is 0.375 e. The van der Waals surface area contributed by atoms with Crippen LogP contribution in [0.25, 0.3) is 0 Å². The van der Waals surface area contributed by atoms with Crippen LogP contribution in [0.15, 0.2) is 11.4 Å². The summed E-state index contributed by atoms with van der Waals surface area (Å²) in [4.78, 5) is 19.6. The SMILES string of the molecule is Cc1cc(Cl)nc(Cl)c1NC(=O)c1csc(N)n1. The van der Waals surface area contributed by atoms with Crippen molar-refractivity contribution in [2.45, 2.75) is 6.92 Å². The average molecular weight is 303 g/mol. The number of anilines is 2. The van der Waals surface area contributed by atoms with Gasteiger partial charge in [-0.15, -0.1) is 11.3 Å².